The SMILES string of the molecule is CCNC1CCC(CC)CC1Cc1ncnn1CC(C)C. The molecule has 0 amide bonds. The molecular weight excluding hydrogens is 260 g/mol. The zero-order valence-electron chi connectivity index (χ0n) is 14.2. The molecule has 21 heavy (non-hydrogen) atoms. The zero-order chi connectivity index (χ0) is 15.2. The summed E-state index contributed by atoms with van der Waals surface area (Å²) in [5.74, 6) is 3.39. The number of aromatic nitrogens is 3. The van der Waals surface area contributed by atoms with Gasteiger partial charge in [-0.05, 0) is 43.6 Å². The first-order valence-electron chi connectivity index (χ1n) is 8.74. The maximum atomic E-state index is 4.53. The van der Waals surface area contributed by atoms with E-state index in [1.54, 1.807) is 6.33 Å². The number of nitrogens with zero attached hydrogens (tertiary/aromatic N) is 3. The van der Waals surface area contributed by atoms with E-state index in [0.29, 0.717) is 17.9 Å². The van der Waals surface area contributed by atoms with E-state index < -0.39 is 0 Å². The molecule has 0 saturated heterocycles. The minimum absolute atomic E-state index is 0.616. The van der Waals surface area contributed by atoms with Crippen LogP contribution in [0.15, 0.2) is 6.33 Å². The minimum Gasteiger partial charge on any atom is -0.314 e. The van der Waals surface area contributed by atoms with Gasteiger partial charge in [-0.15, -0.1) is 0 Å². The van der Waals surface area contributed by atoms with Crippen molar-refractivity contribution in [3.8, 4) is 0 Å². The monoisotopic (exact) mass is 292 g/mol. The van der Waals surface area contributed by atoms with Crippen molar-refractivity contribution in [1.82, 2.24) is 20.1 Å². The standard InChI is InChI=1S/C17H32N4/c1-5-14-7-8-16(18-6-2)15(9-14)10-17-19-12-20-21(17)11-13(3)4/h12-16,18H,5-11H2,1-4H3. The van der Waals surface area contributed by atoms with Gasteiger partial charge in [-0.1, -0.05) is 34.1 Å². The molecule has 1 saturated carbocycles. The van der Waals surface area contributed by atoms with E-state index in [-0.39, 0.29) is 0 Å². The van der Waals surface area contributed by atoms with Crippen LogP contribution >= 0.6 is 0 Å². The minimum atomic E-state index is 0.616. The molecule has 0 aromatic carbocycles. The van der Waals surface area contributed by atoms with Gasteiger partial charge in [-0.3, -0.25) is 0 Å². The maximum absolute atomic E-state index is 4.53. The van der Waals surface area contributed by atoms with Crippen molar-refractivity contribution >= 4 is 0 Å². The summed E-state index contributed by atoms with van der Waals surface area (Å²) in [4.78, 5) is 4.53. The first-order valence-corrected chi connectivity index (χ1v) is 8.74. The lowest BCUT2D eigenvalue weighted by Crippen LogP contribution is -2.41. The van der Waals surface area contributed by atoms with Crippen LogP contribution in [-0.4, -0.2) is 27.4 Å². The molecule has 1 aliphatic carbocycles. The normalized spacial score (nSPS) is 26.4. The van der Waals surface area contributed by atoms with Crippen molar-refractivity contribution in [3.63, 3.8) is 0 Å². The highest BCUT2D eigenvalue weighted by atomic mass is 15.3. The predicted octanol–water partition coefficient (Wildman–Crippen LogP) is 3.28. The van der Waals surface area contributed by atoms with Crippen molar-refractivity contribution in [2.75, 3.05) is 6.54 Å². The molecule has 0 radical (unpaired) electrons. The Balaban J connectivity index is 2.05. The van der Waals surface area contributed by atoms with Crippen molar-refractivity contribution in [2.24, 2.45) is 17.8 Å². The summed E-state index contributed by atoms with van der Waals surface area (Å²) >= 11 is 0. The summed E-state index contributed by atoms with van der Waals surface area (Å²) in [6.07, 6.45) is 8.14. The molecular formula is C17H32N4. The molecule has 4 nitrogen and oxygen atoms in total. The summed E-state index contributed by atoms with van der Waals surface area (Å²) in [5.41, 5.74) is 0. The molecule has 1 N–H and O–H groups in total. The average molecular weight is 292 g/mol. The molecule has 2 rings (SSSR count). The predicted molar refractivity (Wildman–Crippen MR) is 87.2 cm³/mol. The number of rotatable bonds is 7. The van der Waals surface area contributed by atoms with Crippen LogP contribution < -0.4 is 5.32 Å². The molecule has 3 unspecified atom stereocenters. The third-order valence-corrected chi connectivity index (χ3v) is 4.81. The van der Waals surface area contributed by atoms with Gasteiger partial charge in [0.2, 0.25) is 0 Å². The van der Waals surface area contributed by atoms with Crippen LogP contribution in [-0.2, 0) is 13.0 Å². The molecule has 0 aliphatic heterocycles. The largest absolute Gasteiger partial charge is 0.314 e. The van der Waals surface area contributed by atoms with Crippen LogP contribution in [0.5, 0.6) is 0 Å². The quantitative estimate of drug-likeness (QED) is 0.838. The Morgan fingerprint density at radius 3 is 2.81 bits per heavy atom. The van der Waals surface area contributed by atoms with Gasteiger partial charge < -0.3 is 5.32 Å². The third kappa shape index (κ3) is 4.53. The first-order chi connectivity index (χ1) is 10.1. The molecule has 1 aliphatic rings. The lowest BCUT2D eigenvalue weighted by atomic mass is 9.75. The Bertz CT molecular complexity index is 413. The van der Waals surface area contributed by atoms with Crippen LogP contribution in [0.1, 0.15) is 59.2 Å². The van der Waals surface area contributed by atoms with Gasteiger partial charge in [0.05, 0.1) is 0 Å². The fraction of sp³-hybridized carbons (Fsp3) is 0.882. The Labute approximate surface area is 129 Å². The summed E-state index contributed by atoms with van der Waals surface area (Å²) in [6, 6.07) is 0.655. The lowest BCUT2D eigenvalue weighted by molar-refractivity contribution is 0.196. The van der Waals surface area contributed by atoms with Gasteiger partial charge in [0.1, 0.15) is 12.2 Å². The second-order valence-corrected chi connectivity index (χ2v) is 6.97. The molecule has 1 aromatic rings. The summed E-state index contributed by atoms with van der Waals surface area (Å²) in [6.45, 7) is 11.1. The number of hydrogen-bond donors (Lipinski definition) is 1. The molecule has 0 bridgehead atoms. The number of nitrogens with one attached hydrogen (secondary N) is 1. The smallest absolute Gasteiger partial charge is 0.138 e. The molecule has 3 atom stereocenters. The molecule has 1 fully saturated rings. The van der Waals surface area contributed by atoms with E-state index in [9.17, 15) is 0 Å². The van der Waals surface area contributed by atoms with E-state index in [4.69, 9.17) is 0 Å². The molecule has 4 heteroatoms. The second kappa shape index (κ2) is 7.92. The van der Waals surface area contributed by atoms with Crippen molar-refractivity contribution in [3.05, 3.63) is 12.2 Å². The lowest BCUT2D eigenvalue weighted by Gasteiger charge is -2.36. The Kier molecular flexibility index (Phi) is 6.22. The highest BCUT2D eigenvalue weighted by Gasteiger charge is 2.30. The summed E-state index contributed by atoms with van der Waals surface area (Å²) < 4.78 is 2.11. The van der Waals surface area contributed by atoms with E-state index in [1.807, 2.05) is 0 Å². The Morgan fingerprint density at radius 2 is 2.14 bits per heavy atom. The van der Waals surface area contributed by atoms with Gasteiger partial charge in [0.15, 0.2) is 0 Å². The van der Waals surface area contributed by atoms with Crippen LogP contribution in [0.4, 0.5) is 0 Å². The second-order valence-electron chi connectivity index (χ2n) is 6.97. The number of hydrogen-bond acceptors (Lipinski definition) is 3. The van der Waals surface area contributed by atoms with Gasteiger partial charge >= 0.3 is 0 Å². The zero-order valence-corrected chi connectivity index (χ0v) is 14.2. The van der Waals surface area contributed by atoms with Crippen molar-refractivity contribution in [1.29, 1.82) is 0 Å². The van der Waals surface area contributed by atoms with Gasteiger partial charge in [-0.2, -0.15) is 5.10 Å². The fourth-order valence-corrected chi connectivity index (χ4v) is 3.67. The highest BCUT2D eigenvalue weighted by Crippen LogP contribution is 2.33. The Morgan fingerprint density at radius 1 is 1.33 bits per heavy atom. The fourth-order valence-electron chi connectivity index (χ4n) is 3.67. The van der Waals surface area contributed by atoms with Gasteiger partial charge in [-0.25, -0.2) is 9.67 Å². The average Bonchev–Trinajstić information content (AvgIpc) is 2.87. The Hall–Kier alpha value is -0.900. The maximum Gasteiger partial charge on any atom is 0.138 e. The van der Waals surface area contributed by atoms with E-state index in [2.05, 4.69) is 47.8 Å². The summed E-state index contributed by atoms with van der Waals surface area (Å²) in [5, 5.41) is 8.11. The van der Waals surface area contributed by atoms with E-state index in [1.165, 1.54) is 31.5 Å². The highest BCUT2D eigenvalue weighted by molar-refractivity contribution is 4.94. The molecule has 120 valence electrons. The van der Waals surface area contributed by atoms with Gasteiger partial charge in [0.25, 0.3) is 0 Å². The van der Waals surface area contributed by atoms with E-state index in [0.717, 1.165) is 25.4 Å². The van der Waals surface area contributed by atoms with Crippen molar-refractivity contribution < 1.29 is 0 Å². The van der Waals surface area contributed by atoms with Crippen LogP contribution in [0, 0.1) is 17.8 Å². The molecule has 0 spiro atoms. The molecule has 1 heterocycles. The van der Waals surface area contributed by atoms with Crippen LogP contribution in [0.2, 0.25) is 0 Å². The van der Waals surface area contributed by atoms with Crippen LogP contribution in [0.25, 0.3) is 0 Å². The van der Waals surface area contributed by atoms with E-state index >= 15 is 0 Å². The molecule has 1 aromatic heterocycles. The first kappa shape index (κ1) is 16.5. The summed E-state index contributed by atoms with van der Waals surface area (Å²) in [7, 11) is 0. The topological polar surface area (TPSA) is 42.7 Å². The third-order valence-electron chi connectivity index (χ3n) is 4.81. The van der Waals surface area contributed by atoms with Crippen LogP contribution in [0.3, 0.4) is 0 Å². The van der Waals surface area contributed by atoms with Crippen molar-refractivity contribution in [2.45, 2.75) is 72.4 Å². The van der Waals surface area contributed by atoms with Gasteiger partial charge in [0, 0.05) is 19.0 Å².